The van der Waals surface area contributed by atoms with Gasteiger partial charge in [0.2, 0.25) is 0 Å². The summed E-state index contributed by atoms with van der Waals surface area (Å²) in [5, 5.41) is 23.4. The zero-order valence-corrected chi connectivity index (χ0v) is 10.4. The minimum Gasteiger partial charge on any atom is -0.396 e. The molecule has 0 saturated heterocycles. The van der Waals surface area contributed by atoms with Gasteiger partial charge < -0.3 is 10.4 Å². The summed E-state index contributed by atoms with van der Waals surface area (Å²) < 4.78 is 0. The molecule has 0 spiro atoms. The van der Waals surface area contributed by atoms with Gasteiger partial charge in [0.25, 0.3) is 5.69 Å². The zero-order chi connectivity index (χ0) is 13.8. The second-order valence-corrected chi connectivity index (χ2v) is 4.78. The number of nitro benzene ring substituents is 1. The lowest BCUT2D eigenvalue weighted by atomic mass is 10.0. The van der Waals surface area contributed by atoms with E-state index in [2.05, 4.69) is 5.32 Å². The summed E-state index contributed by atoms with van der Waals surface area (Å²) in [5.74, 6) is 0.130. The van der Waals surface area contributed by atoms with Crippen LogP contribution in [-0.2, 0) is 0 Å². The van der Waals surface area contributed by atoms with Crippen molar-refractivity contribution < 1.29 is 14.8 Å². The molecule has 1 aliphatic rings. The lowest BCUT2D eigenvalue weighted by molar-refractivity contribution is -0.384. The van der Waals surface area contributed by atoms with Gasteiger partial charge in [-0.2, -0.15) is 0 Å². The number of carbonyl (C=O) groups is 1. The maximum atomic E-state index is 11.0. The van der Waals surface area contributed by atoms with Gasteiger partial charge in [0, 0.05) is 30.2 Å². The summed E-state index contributed by atoms with van der Waals surface area (Å²) in [6.07, 6.45) is 3.40. The molecule has 102 valence electrons. The number of aliphatic hydroxyl groups excluding tert-OH is 1. The van der Waals surface area contributed by atoms with Crippen molar-refractivity contribution in [2.75, 3.05) is 11.9 Å². The Hall–Kier alpha value is -1.95. The van der Waals surface area contributed by atoms with Crippen LogP contribution in [0.25, 0.3) is 0 Å². The van der Waals surface area contributed by atoms with Crippen molar-refractivity contribution in [3.63, 3.8) is 0 Å². The highest BCUT2D eigenvalue weighted by atomic mass is 16.6. The van der Waals surface area contributed by atoms with E-state index in [0.717, 1.165) is 19.3 Å². The van der Waals surface area contributed by atoms with Crippen molar-refractivity contribution in [2.24, 2.45) is 5.92 Å². The topological polar surface area (TPSA) is 92.5 Å². The summed E-state index contributed by atoms with van der Waals surface area (Å²) in [4.78, 5) is 21.2. The van der Waals surface area contributed by atoms with Crippen molar-refractivity contribution >= 4 is 17.7 Å². The van der Waals surface area contributed by atoms with Gasteiger partial charge in [-0.05, 0) is 25.0 Å². The van der Waals surface area contributed by atoms with Gasteiger partial charge in [0.05, 0.1) is 4.92 Å². The molecule has 2 rings (SSSR count). The smallest absolute Gasteiger partial charge is 0.293 e. The normalized spacial score (nSPS) is 22.2. The minimum absolute atomic E-state index is 0.0470. The van der Waals surface area contributed by atoms with Crippen LogP contribution in [-0.4, -0.2) is 29.0 Å². The molecule has 0 bridgehead atoms. The van der Waals surface area contributed by atoms with E-state index in [1.165, 1.54) is 6.07 Å². The Labute approximate surface area is 110 Å². The van der Waals surface area contributed by atoms with E-state index in [9.17, 15) is 20.0 Å². The molecule has 0 aromatic heterocycles. The Kier molecular flexibility index (Phi) is 4.11. The first kappa shape index (κ1) is 13.5. The van der Waals surface area contributed by atoms with Gasteiger partial charge in [-0.25, -0.2) is 0 Å². The van der Waals surface area contributed by atoms with Crippen molar-refractivity contribution in [1.82, 2.24) is 0 Å². The zero-order valence-electron chi connectivity index (χ0n) is 10.4. The lowest BCUT2D eigenvalue weighted by Gasteiger charge is -2.20. The molecule has 19 heavy (non-hydrogen) atoms. The Balaban J connectivity index is 2.24. The number of hydrogen-bond acceptors (Lipinski definition) is 5. The third-order valence-corrected chi connectivity index (χ3v) is 3.59. The van der Waals surface area contributed by atoms with Gasteiger partial charge >= 0.3 is 0 Å². The van der Waals surface area contributed by atoms with Crippen LogP contribution in [0.2, 0.25) is 0 Å². The quantitative estimate of drug-likeness (QED) is 0.482. The molecule has 1 aromatic carbocycles. The molecule has 2 unspecified atom stereocenters. The third-order valence-electron chi connectivity index (χ3n) is 3.59. The Morgan fingerprint density at radius 3 is 2.89 bits per heavy atom. The standard InChI is InChI=1S/C13H16N2O4/c16-7-9-4-5-12(13(6-9)15(18)19)14-11-3-1-2-10(11)8-17/h4-7,10-11,14,17H,1-3,8H2. The number of aliphatic hydroxyl groups is 1. The molecular formula is C13H16N2O4. The molecule has 0 radical (unpaired) electrons. The molecule has 2 N–H and O–H groups in total. The number of nitro groups is 1. The number of hydrogen-bond donors (Lipinski definition) is 2. The number of carbonyl (C=O) groups excluding carboxylic acids is 1. The third kappa shape index (κ3) is 2.90. The monoisotopic (exact) mass is 264 g/mol. The molecule has 0 heterocycles. The van der Waals surface area contributed by atoms with Crippen LogP contribution in [0.3, 0.4) is 0 Å². The van der Waals surface area contributed by atoms with E-state index >= 15 is 0 Å². The average Bonchev–Trinajstić information content (AvgIpc) is 2.86. The Bertz CT molecular complexity index is 490. The summed E-state index contributed by atoms with van der Waals surface area (Å²) >= 11 is 0. The second kappa shape index (κ2) is 5.79. The van der Waals surface area contributed by atoms with Crippen LogP contribution in [0.1, 0.15) is 29.6 Å². The molecular weight excluding hydrogens is 248 g/mol. The molecule has 1 aliphatic carbocycles. The number of anilines is 1. The average molecular weight is 264 g/mol. The summed E-state index contributed by atoms with van der Waals surface area (Å²) in [6.45, 7) is 0.0812. The molecule has 2 atom stereocenters. The van der Waals surface area contributed by atoms with Gasteiger partial charge in [0.15, 0.2) is 0 Å². The fourth-order valence-electron chi connectivity index (χ4n) is 2.54. The van der Waals surface area contributed by atoms with Crippen LogP contribution in [0.4, 0.5) is 11.4 Å². The van der Waals surface area contributed by atoms with Crippen molar-refractivity contribution in [1.29, 1.82) is 0 Å². The highest BCUT2D eigenvalue weighted by Gasteiger charge is 2.28. The molecule has 1 aromatic rings. The lowest BCUT2D eigenvalue weighted by Crippen LogP contribution is -2.26. The maximum Gasteiger partial charge on any atom is 0.293 e. The highest BCUT2D eigenvalue weighted by molar-refractivity contribution is 5.79. The summed E-state index contributed by atoms with van der Waals surface area (Å²) in [7, 11) is 0. The fourth-order valence-corrected chi connectivity index (χ4v) is 2.54. The second-order valence-electron chi connectivity index (χ2n) is 4.78. The van der Waals surface area contributed by atoms with Crippen molar-refractivity contribution in [3.8, 4) is 0 Å². The summed E-state index contributed by atoms with van der Waals surface area (Å²) in [6, 6.07) is 4.41. The van der Waals surface area contributed by atoms with Crippen LogP contribution in [0.5, 0.6) is 0 Å². The van der Waals surface area contributed by atoms with Gasteiger partial charge in [-0.3, -0.25) is 14.9 Å². The first-order chi connectivity index (χ1) is 9.15. The van der Waals surface area contributed by atoms with Crippen LogP contribution in [0.15, 0.2) is 18.2 Å². The van der Waals surface area contributed by atoms with E-state index < -0.39 is 4.92 Å². The SMILES string of the molecule is O=Cc1ccc(NC2CCCC2CO)c([N+](=O)[O-])c1. The Morgan fingerprint density at radius 1 is 1.47 bits per heavy atom. The predicted octanol–water partition coefficient (Wildman–Crippen LogP) is 1.98. The highest BCUT2D eigenvalue weighted by Crippen LogP contribution is 2.32. The maximum absolute atomic E-state index is 11.0. The first-order valence-corrected chi connectivity index (χ1v) is 6.26. The van der Waals surface area contributed by atoms with Gasteiger partial charge in [-0.1, -0.05) is 6.42 Å². The van der Waals surface area contributed by atoms with Crippen molar-refractivity contribution in [2.45, 2.75) is 25.3 Å². The van der Waals surface area contributed by atoms with Crippen LogP contribution < -0.4 is 5.32 Å². The fraction of sp³-hybridized carbons (Fsp3) is 0.462. The van der Waals surface area contributed by atoms with E-state index in [1.807, 2.05) is 0 Å². The molecule has 1 saturated carbocycles. The van der Waals surface area contributed by atoms with E-state index in [4.69, 9.17) is 0 Å². The first-order valence-electron chi connectivity index (χ1n) is 6.26. The number of rotatable bonds is 5. The Morgan fingerprint density at radius 2 is 2.26 bits per heavy atom. The molecule has 1 fully saturated rings. The predicted molar refractivity (Wildman–Crippen MR) is 70.3 cm³/mol. The van der Waals surface area contributed by atoms with Gasteiger partial charge in [-0.15, -0.1) is 0 Å². The number of benzene rings is 1. The number of nitrogens with one attached hydrogen (secondary N) is 1. The minimum atomic E-state index is -0.502. The van der Waals surface area contributed by atoms with E-state index in [1.54, 1.807) is 12.1 Å². The van der Waals surface area contributed by atoms with E-state index in [-0.39, 0.29) is 29.8 Å². The number of nitrogens with zero attached hydrogens (tertiary/aromatic N) is 1. The molecule has 0 amide bonds. The summed E-state index contributed by atoms with van der Waals surface area (Å²) in [5.41, 5.74) is 0.580. The van der Waals surface area contributed by atoms with E-state index in [0.29, 0.717) is 12.0 Å². The molecule has 6 heteroatoms. The van der Waals surface area contributed by atoms with Crippen molar-refractivity contribution in [3.05, 3.63) is 33.9 Å². The van der Waals surface area contributed by atoms with Crippen LogP contribution >= 0.6 is 0 Å². The van der Waals surface area contributed by atoms with Crippen LogP contribution in [0, 0.1) is 16.0 Å². The number of aldehydes is 1. The van der Waals surface area contributed by atoms with Gasteiger partial charge in [0.1, 0.15) is 12.0 Å². The largest absolute Gasteiger partial charge is 0.396 e. The molecule has 0 aliphatic heterocycles. The molecule has 6 nitrogen and oxygen atoms in total.